The molecule has 1 amide bonds. The normalized spacial score (nSPS) is 12.1. The molecule has 0 radical (unpaired) electrons. The van der Waals surface area contributed by atoms with Crippen LogP contribution in [0.5, 0.6) is 0 Å². The van der Waals surface area contributed by atoms with E-state index >= 15 is 0 Å². The molecule has 2 rings (SSSR count). The van der Waals surface area contributed by atoms with Gasteiger partial charge >= 0.3 is 0 Å². The van der Waals surface area contributed by atoms with Crippen molar-refractivity contribution >= 4 is 17.7 Å². The lowest BCUT2D eigenvalue weighted by atomic mass is 10.00. The van der Waals surface area contributed by atoms with Crippen LogP contribution in [0.3, 0.4) is 0 Å². The number of aryl methyl sites for hydroxylation is 2. The van der Waals surface area contributed by atoms with Gasteiger partial charge in [-0.25, -0.2) is 0 Å². The molecular weight excluding hydrogens is 304 g/mol. The predicted octanol–water partition coefficient (Wildman–Crippen LogP) is 4.10. The molecule has 5 heteroatoms. The first kappa shape index (κ1) is 17.4. The van der Waals surface area contributed by atoms with Gasteiger partial charge in [-0.2, -0.15) is 0 Å². The largest absolute Gasteiger partial charge is 0.346 e. The molecule has 2 aromatic carbocycles. The van der Waals surface area contributed by atoms with Gasteiger partial charge in [-0.15, -0.1) is 0 Å². The van der Waals surface area contributed by atoms with E-state index in [-0.39, 0.29) is 17.6 Å². The van der Waals surface area contributed by atoms with Crippen LogP contribution in [0.15, 0.2) is 48.5 Å². The number of benzene rings is 2. The lowest BCUT2D eigenvalue weighted by Gasteiger charge is -2.16. The summed E-state index contributed by atoms with van der Waals surface area (Å²) in [7, 11) is 0. The highest BCUT2D eigenvalue weighted by Gasteiger charge is 2.10. The van der Waals surface area contributed by atoms with Crippen molar-refractivity contribution in [3.8, 4) is 0 Å². The van der Waals surface area contributed by atoms with Crippen molar-refractivity contribution in [3.05, 3.63) is 80.9 Å². The Hall–Kier alpha value is -2.95. The van der Waals surface area contributed by atoms with Crippen LogP contribution in [0.2, 0.25) is 0 Å². The first-order valence-electron chi connectivity index (χ1n) is 7.67. The summed E-state index contributed by atoms with van der Waals surface area (Å²) in [5.41, 5.74) is 4.13. The Labute approximate surface area is 141 Å². The number of hydrogen-bond acceptors (Lipinski definition) is 3. The van der Waals surface area contributed by atoms with E-state index in [4.69, 9.17) is 0 Å². The van der Waals surface area contributed by atoms with E-state index in [0.717, 1.165) is 22.3 Å². The zero-order valence-corrected chi connectivity index (χ0v) is 13.9. The Morgan fingerprint density at radius 1 is 1.17 bits per heavy atom. The quantitative estimate of drug-likeness (QED) is 0.511. The summed E-state index contributed by atoms with van der Waals surface area (Å²) >= 11 is 0. The van der Waals surface area contributed by atoms with E-state index in [1.165, 1.54) is 18.2 Å². The lowest BCUT2D eigenvalue weighted by Crippen LogP contribution is -2.25. The van der Waals surface area contributed by atoms with Crippen LogP contribution in [0.1, 0.15) is 35.2 Å². The second-order valence-electron chi connectivity index (χ2n) is 5.77. The molecule has 1 N–H and O–H groups in total. The minimum atomic E-state index is -0.452. The van der Waals surface area contributed by atoms with Crippen molar-refractivity contribution in [2.24, 2.45) is 0 Å². The molecule has 0 saturated carbocycles. The minimum Gasteiger partial charge on any atom is -0.346 e. The first-order valence-corrected chi connectivity index (χ1v) is 7.67. The Balaban J connectivity index is 2.01. The third-order valence-corrected chi connectivity index (χ3v) is 3.79. The number of nitrogens with one attached hydrogen (secondary N) is 1. The number of amides is 1. The number of rotatable bonds is 5. The van der Waals surface area contributed by atoms with Gasteiger partial charge in [0.15, 0.2) is 0 Å². The number of nitrogens with zero attached hydrogens (tertiary/aromatic N) is 1. The monoisotopic (exact) mass is 324 g/mol. The van der Waals surface area contributed by atoms with Gasteiger partial charge in [0.25, 0.3) is 5.69 Å². The first-order chi connectivity index (χ1) is 11.4. The Bertz CT molecular complexity index is 780. The molecule has 24 heavy (non-hydrogen) atoms. The van der Waals surface area contributed by atoms with Gasteiger partial charge in [0.2, 0.25) is 5.91 Å². The second-order valence-corrected chi connectivity index (χ2v) is 5.77. The molecule has 0 aliphatic carbocycles. The molecule has 0 saturated heterocycles. The fourth-order valence-electron chi connectivity index (χ4n) is 2.44. The summed E-state index contributed by atoms with van der Waals surface area (Å²) in [4.78, 5) is 22.2. The minimum absolute atomic E-state index is 0.0279. The Kier molecular flexibility index (Phi) is 5.47. The van der Waals surface area contributed by atoms with E-state index in [1.54, 1.807) is 18.2 Å². The number of carbonyl (C=O) groups is 1. The molecule has 0 fully saturated rings. The molecule has 0 spiro atoms. The van der Waals surface area contributed by atoms with Crippen LogP contribution in [-0.4, -0.2) is 10.8 Å². The zero-order chi connectivity index (χ0) is 17.7. The van der Waals surface area contributed by atoms with Gasteiger partial charge in [0, 0.05) is 18.2 Å². The van der Waals surface area contributed by atoms with E-state index in [2.05, 4.69) is 11.4 Å². The van der Waals surface area contributed by atoms with Crippen molar-refractivity contribution in [1.29, 1.82) is 0 Å². The van der Waals surface area contributed by atoms with Gasteiger partial charge in [0.05, 0.1) is 11.0 Å². The number of carbonyl (C=O) groups excluding carboxylic acids is 1. The van der Waals surface area contributed by atoms with Gasteiger partial charge in [-0.3, -0.25) is 14.9 Å². The summed E-state index contributed by atoms with van der Waals surface area (Å²) in [6, 6.07) is 12.1. The summed E-state index contributed by atoms with van der Waals surface area (Å²) in [6.07, 6.45) is 3.07. The van der Waals surface area contributed by atoms with Gasteiger partial charge in [0.1, 0.15) is 0 Å². The van der Waals surface area contributed by atoms with Crippen LogP contribution in [0.25, 0.3) is 6.08 Å². The summed E-state index contributed by atoms with van der Waals surface area (Å²) in [6.45, 7) is 5.98. The highest BCUT2D eigenvalue weighted by atomic mass is 16.6. The summed E-state index contributed by atoms with van der Waals surface area (Å²) < 4.78 is 0. The van der Waals surface area contributed by atoms with Gasteiger partial charge in [-0.1, -0.05) is 23.8 Å². The average molecular weight is 324 g/mol. The highest BCUT2D eigenvalue weighted by Crippen LogP contribution is 2.19. The maximum absolute atomic E-state index is 12.1. The van der Waals surface area contributed by atoms with Crippen LogP contribution < -0.4 is 5.32 Å². The standard InChI is InChI=1S/C19H20N2O3/c1-13-4-5-14(2)18(12-13)15(3)20-19(22)11-8-16-6-9-17(10-7-16)21(23)24/h4-12,15H,1-3H3,(H,20,22)/b11-8+/t15-/m1/s1. The number of non-ortho nitro benzene ring substituents is 1. The molecule has 1 atom stereocenters. The van der Waals surface area contributed by atoms with Crippen molar-refractivity contribution < 1.29 is 9.72 Å². The number of hydrogen-bond donors (Lipinski definition) is 1. The molecule has 124 valence electrons. The fraction of sp³-hybridized carbons (Fsp3) is 0.211. The SMILES string of the molecule is Cc1ccc(C)c([C@@H](C)NC(=O)/C=C/c2ccc([N+](=O)[O-])cc2)c1. The third kappa shape index (κ3) is 4.52. The highest BCUT2D eigenvalue weighted by molar-refractivity contribution is 5.92. The van der Waals surface area contributed by atoms with E-state index in [1.807, 2.05) is 32.9 Å². The van der Waals surface area contributed by atoms with E-state index in [9.17, 15) is 14.9 Å². The van der Waals surface area contributed by atoms with Crippen LogP contribution in [0.4, 0.5) is 5.69 Å². The summed E-state index contributed by atoms with van der Waals surface area (Å²) in [5.74, 6) is -0.207. The maximum Gasteiger partial charge on any atom is 0.269 e. The number of nitro benzene ring substituents is 1. The smallest absolute Gasteiger partial charge is 0.269 e. The van der Waals surface area contributed by atoms with Crippen LogP contribution in [-0.2, 0) is 4.79 Å². The van der Waals surface area contributed by atoms with Gasteiger partial charge in [-0.05, 0) is 55.7 Å². The van der Waals surface area contributed by atoms with Crippen LogP contribution >= 0.6 is 0 Å². The topological polar surface area (TPSA) is 72.2 Å². The Morgan fingerprint density at radius 3 is 2.46 bits per heavy atom. The molecule has 0 aliphatic heterocycles. The zero-order valence-electron chi connectivity index (χ0n) is 13.9. The third-order valence-electron chi connectivity index (χ3n) is 3.79. The molecule has 0 bridgehead atoms. The fourth-order valence-corrected chi connectivity index (χ4v) is 2.44. The van der Waals surface area contributed by atoms with Gasteiger partial charge < -0.3 is 5.32 Å². The predicted molar refractivity (Wildman–Crippen MR) is 94.6 cm³/mol. The molecule has 0 unspecified atom stereocenters. The summed E-state index contributed by atoms with van der Waals surface area (Å²) in [5, 5.41) is 13.5. The molecule has 2 aromatic rings. The number of nitro groups is 1. The van der Waals surface area contributed by atoms with Crippen LogP contribution in [0, 0.1) is 24.0 Å². The van der Waals surface area contributed by atoms with Crippen molar-refractivity contribution in [3.63, 3.8) is 0 Å². The van der Waals surface area contributed by atoms with Crippen molar-refractivity contribution in [1.82, 2.24) is 5.32 Å². The molecule has 5 nitrogen and oxygen atoms in total. The molecule has 0 aromatic heterocycles. The molecule has 0 heterocycles. The maximum atomic E-state index is 12.1. The average Bonchev–Trinajstić information content (AvgIpc) is 2.55. The molecule has 0 aliphatic rings. The van der Waals surface area contributed by atoms with Crippen molar-refractivity contribution in [2.45, 2.75) is 26.8 Å². The second kappa shape index (κ2) is 7.55. The van der Waals surface area contributed by atoms with Crippen molar-refractivity contribution in [2.75, 3.05) is 0 Å². The lowest BCUT2D eigenvalue weighted by molar-refractivity contribution is -0.384. The van der Waals surface area contributed by atoms with E-state index in [0.29, 0.717) is 0 Å². The molecular formula is C19H20N2O3. The Morgan fingerprint density at radius 2 is 1.83 bits per heavy atom. The van der Waals surface area contributed by atoms with E-state index < -0.39 is 4.92 Å².